The number of aryl methyl sites for hydroxylation is 1. The number of pyridine rings is 1. The zero-order valence-corrected chi connectivity index (χ0v) is 20.2. The molecular weight excluding hydrogens is 468 g/mol. The van der Waals surface area contributed by atoms with Gasteiger partial charge in [0, 0.05) is 22.2 Å². The fourth-order valence-corrected chi connectivity index (χ4v) is 5.89. The minimum Gasteiger partial charge on any atom is -0.310 e. The number of carbonyl (C=O) groups excluding carboxylic acids is 1. The molecule has 0 atom stereocenters. The van der Waals surface area contributed by atoms with Gasteiger partial charge < -0.3 is 5.32 Å². The van der Waals surface area contributed by atoms with Crippen molar-refractivity contribution in [1.29, 1.82) is 0 Å². The lowest BCUT2D eigenvalue weighted by molar-refractivity contribution is -0.120. The van der Waals surface area contributed by atoms with E-state index in [1.165, 1.54) is 11.3 Å². The fraction of sp³-hybridized carbons (Fsp3) is 0.318. The molecule has 7 nitrogen and oxygen atoms in total. The molecule has 10 heteroatoms. The van der Waals surface area contributed by atoms with Crippen LogP contribution in [-0.2, 0) is 20.2 Å². The molecule has 3 aromatic rings. The molecule has 1 aliphatic carbocycles. The Bertz CT molecular complexity index is 1250. The summed E-state index contributed by atoms with van der Waals surface area (Å²) in [7, 11) is -3.39. The Balaban J connectivity index is 1.46. The quantitative estimate of drug-likeness (QED) is 0.486. The minimum absolute atomic E-state index is 0.270. The van der Waals surface area contributed by atoms with Gasteiger partial charge >= 0.3 is 0 Å². The molecule has 1 amide bonds. The lowest BCUT2D eigenvalue weighted by Crippen LogP contribution is -2.35. The van der Waals surface area contributed by atoms with Gasteiger partial charge in [0.1, 0.15) is 5.82 Å². The number of hydrogen-bond donors (Lipinski definition) is 2. The Morgan fingerprint density at radius 3 is 2.56 bits per heavy atom. The van der Waals surface area contributed by atoms with Gasteiger partial charge in [-0.15, -0.1) is 11.3 Å². The van der Waals surface area contributed by atoms with Gasteiger partial charge in [-0.1, -0.05) is 17.7 Å². The van der Waals surface area contributed by atoms with Crippen LogP contribution in [0.5, 0.6) is 0 Å². The van der Waals surface area contributed by atoms with Crippen LogP contribution < -0.4 is 10.0 Å². The molecule has 0 saturated heterocycles. The summed E-state index contributed by atoms with van der Waals surface area (Å²) in [6.45, 7) is 5.44. The third-order valence-corrected chi connectivity index (χ3v) is 8.22. The number of amides is 1. The second-order valence-corrected chi connectivity index (χ2v) is 11.7. The number of sulfonamides is 1. The van der Waals surface area contributed by atoms with Crippen molar-refractivity contribution in [2.45, 2.75) is 44.3 Å². The molecule has 1 aromatic carbocycles. The lowest BCUT2D eigenvalue weighted by Gasteiger charge is -2.21. The van der Waals surface area contributed by atoms with Gasteiger partial charge in [-0.2, -0.15) is 0 Å². The average Bonchev–Trinajstić information content (AvgIpc) is 3.48. The summed E-state index contributed by atoms with van der Waals surface area (Å²) in [4.78, 5) is 21.7. The van der Waals surface area contributed by atoms with Crippen LogP contribution in [0, 0.1) is 6.92 Å². The number of hydrogen-bond acceptors (Lipinski definition) is 6. The van der Waals surface area contributed by atoms with Crippen LogP contribution in [0.4, 0.5) is 10.9 Å². The normalized spacial score (nSPS) is 14.2. The van der Waals surface area contributed by atoms with E-state index in [4.69, 9.17) is 11.6 Å². The molecule has 1 saturated carbocycles. The monoisotopic (exact) mass is 490 g/mol. The van der Waals surface area contributed by atoms with Crippen LogP contribution in [-0.4, -0.2) is 29.5 Å². The van der Waals surface area contributed by atoms with Crippen molar-refractivity contribution in [2.24, 2.45) is 0 Å². The van der Waals surface area contributed by atoms with Crippen molar-refractivity contribution in [3.63, 3.8) is 0 Å². The number of carbonyl (C=O) groups is 1. The number of thiazole rings is 1. The van der Waals surface area contributed by atoms with E-state index >= 15 is 0 Å². The summed E-state index contributed by atoms with van der Waals surface area (Å²) < 4.78 is 26.8. The largest absolute Gasteiger partial charge is 0.310 e. The summed E-state index contributed by atoms with van der Waals surface area (Å²) in [6, 6.07) is 9.37. The highest BCUT2D eigenvalue weighted by Gasteiger charge is 2.37. The molecule has 1 fully saturated rings. The Labute approximate surface area is 196 Å². The Morgan fingerprint density at radius 2 is 1.94 bits per heavy atom. The van der Waals surface area contributed by atoms with Gasteiger partial charge in [0.2, 0.25) is 15.9 Å². The molecule has 1 aliphatic rings. The zero-order valence-electron chi connectivity index (χ0n) is 17.8. The van der Waals surface area contributed by atoms with Crippen LogP contribution in [0.15, 0.2) is 41.9 Å². The molecule has 2 aromatic heterocycles. The molecule has 0 spiro atoms. The highest BCUT2D eigenvalue weighted by atomic mass is 35.5. The third kappa shape index (κ3) is 4.95. The number of nitrogens with one attached hydrogen (secondary N) is 2. The Hall–Kier alpha value is -2.49. The molecule has 0 aliphatic heterocycles. The predicted molar refractivity (Wildman–Crippen MR) is 129 cm³/mol. The van der Waals surface area contributed by atoms with E-state index in [1.54, 1.807) is 31.5 Å². The Morgan fingerprint density at radius 1 is 1.19 bits per heavy atom. The second kappa shape index (κ2) is 8.46. The zero-order chi connectivity index (χ0) is 23.1. The van der Waals surface area contributed by atoms with E-state index in [9.17, 15) is 13.2 Å². The van der Waals surface area contributed by atoms with Crippen molar-refractivity contribution in [3.05, 3.63) is 58.2 Å². The summed E-state index contributed by atoms with van der Waals surface area (Å²) >= 11 is 7.31. The van der Waals surface area contributed by atoms with Gasteiger partial charge in [-0.05, 0) is 69.0 Å². The summed E-state index contributed by atoms with van der Waals surface area (Å²) in [5.74, 6) is 0.119. The van der Waals surface area contributed by atoms with Crippen LogP contribution in [0.3, 0.4) is 0 Å². The van der Waals surface area contributed by atoms with Gasteiger partial charge in [-0.25, -0.2) is 18.4 Å². The van der Waals surface area contributed by atoms with Crippen molar-refractivity contribution in [3.8, 4) is 11.1 Å². The number of benzene rings is 1. The maximum absolute atomic E-state index is 12.9. The Kier molecular flexibility index (Phi) is 6.00. The maximum Gasteiger partial charge on any atom is 0.237 e. The first-order chi connectivity index (χ1) is 15.0. The standard InChI is InChI=1S/C22H23ClN4O3S2/c1-13-8-15(10-16(23)9-13)14-4-7-19(24-11-14)26-20(28)22(2,3)18-12-31-21(25-18)27-32(29,30)17-5-6-17/h4,7-12,17H,5-6H2,1-3H3,(H,25,27)(H,24,26,28). The number of nitrogens with zero attached hydrogens (tertiary/aromatic N) is 2. The summed E-state index contributed by atoms with van der Waals surface area (Å²) in [6.07, 6.45) is 3.02. The average molecular weight is 491 g/mol. The number of halogens is 1. The van der Waals surface area contributed by atoms with E-state index in [1.807, 2.05) is 31.2 Å². The second-order valence-electron chi connectivity index (χ2n) is 8.41. The van der Waals surface area contributed by atoms with Crippen LogP contribution in [0.25, 0.3) is 11.1 Å². The maximum atomic E-state index is 12.9. The SMILES string of the molecule is Cc1cc(Cl)cc(-c2ccc(NC(=O)C(C)(C)c3csc(NS(=O)(=O)C4CC4)n3)nc2)c1. The highest BCUT2D eigenvalue weighted by Crippen LogP contribution is 2.33. The van der Waals surface area contributed by atoms with Crippen molar-refractivity contribution < 1.29 is 13.2 Å². The van der Waals surface area contributed by atoms with E-state index < -0.39 is 15.4 Å². The van der Waals surface area contributed by atoms with E-state index in [0.29, 0.717) is 29.4 Å². The molecule has 0 radical (unpaired) electrons. The molecule has 0 unspecified atom stereocenters. The van der Waals surface area contributed by atoms with E-state index in [-0.39, 0.29) is 16.3 Å². The van der Waals surface area contributed by atoms with E-state index in [0.717, 1.165) is 16.7 Å². The van der Waals surface area contributed by atoms with Crippen molar-refractivity contribution >= 4 is 49.8 Å². The van der Waals surface area contributed by atoms with Crippen molar-refractivity contribution in [2.75, 3.05) is 10.0 Å². The fourth-order valence-electron chi connectivity index (χ4n) is 3.12. The number of rotatable bonds is 7. The third-order valence-electron chi connectivity index (χ3n) is 5.29. The number of anilines is 2. The first-order valence-corrected chi connectivity index (χ1v) is 12.9. The molecule has 2 N–H and O–H groups in total. The van der Waals surface area contributed by atoms with E-state index in [2.05, 4.69) is 20.0 Å². The van der Waals surface area contributed by atoms with Crippen molar-refractivity contribution in [1.82, 2.24) is 9.97 Å². The summed E-state index contributed by atoms with van der Waals surface area (Å²) in [5.41, 5.74) is 2.39. The smallest absolute Gasteiger partial charge is 0.237 e. The van der Waals surface area contributed by atoms with Gasteiger partial charge in [0.25, 0.3) is 0 Å². The van der Waals surface area contributed by atoms with Gasteiger partial charge in [0.15, 0.2) is 5.13 Å². The minimum atomic E-state index is -3.39. The molecule has 2 heterocycles. The van der Waals surface area contributed by atoms with Gasteiger partial charge in [0.05, 0.1) is 16.4 Å². The molecule has 168 valence electrons. The van der Waals surface area contributed by atoms with Crippen LogP contribution >= 0.6 is 22.9 Å². The topological polar surface area (TPSA) is 101 Å². The molecule has 0 bridgehead atoms. The summed E-state index contributed by atoms with van der Waals surface area (Å²) in [5, 5.41) is 5.10. The molecule has 4 rings (SSSR count). The van der Waals surface area contributed by atoms with Crippen LogP contribution in [0.1, 0.15) is 37.9 Å². The molecule has 32 heavy (non-hydrogen) atoms. The molecular formula is C22H23ClN4O3S2. The first-order valence-electron chi connectivity index (χ1n) is 10.1. The number of aromatic nitrogens is 2. The van der Waals surface area contributed by atoms with Crippen LogP contribution in [0.2, 0.25) is 5.02 Å². The first kappa shape index (κ1) is 22.7. The predicted octanol–water partition coefficient (Wildman–Crippen LogP) is 4.99. The highest BCUT2D eigenvalue weighted by molar-refractivity contribution is 7.93. The van der Waals surface area contributed by atoms with Gasteiger partial charge in [-0.3, -0.25) is 9.52 Å². The lowest BCUT2D eigenvalue weighted by atomic mass is 9.89.